The van der Waals surface area contributed by atoms with Crippen LogP contribution in [0.1, 0.15) is 71.9 Å². The Bertz CT molecular complexity index is 1120. The average molecular weight is 483 g/mol. The molecule has 1 unspecified atom stereocenters. The minimum atomic E-state index is -0.195. The van der Waals surface area contributed by atoms with E-state index < -0.39 is 0 Å². The largest absolute Gasteiger partial charge is 0.372 e. The number of carbonyl (C=O) groups is 2. The number of amides is 2. The van der Waals surface area contributed by atoms with Gasteiger partial charge in [-0.3, -0.25) is 14.3 Å². The van der Waals surface area contributed by atoms with Gasteiger partial charge in [0.25, 0.3) is 5.91 Å². The Labute approximate surface area is 206 Å². The van der Waals surface area contributed by atoms with Crippen molar-refractivity contribution < 1.29 is 18.7 Å². The zero-order chi connectivity index (χ0) is 24.7. The van der Waals surface area contributed by atoms with Crippen LogP contribution in [-0.4, -0.2) is 69.8 Å². The molecule has 8 heteroatoms. The summed E-state index contributed by atoms with van der Waals surface area (Å²) in [5.74, 6) is -0.113. The lowest BCUT2D eigenvalue weighted by Gasteiger charge is -2.35. The van der Waals surface area contributed by atoms with Gasteiger partial charge in [-0.05, 0) is 70.1 Å². The van der Waals surface area contributed by atoms with E-state index in [-0.39, 0.29) is 42.3 Å². The number of nitrogens with zero attached hydrogens (tertiary/aromatic N) is 4. The second kappa shape index (κ2) is 9.72. The Hall–Kier alpha value is -2.74. The maximum Gasteiger partial charge on any atom is 0.274 e. The van der Waals surface area contributed by atoms with E-state index >= 15 is 0 Å². The van der Waals surface area contributed by atoms with Gasteiger partial charge in [0.2, 0.25) is 5.91 Å². The molecule has 3 heterocycles. The summed E-state index contributed by atoms with van der Waals surface area (Å²) in [6.07, 6.45) is 4.46. The van der Waals surface area contributed by atoms with Crippen LogP contribution in [0.5, 0.6) is 0 Å². The smallest absolute Gasteiger partial charge is 0.274 e. The Balaban J connectivity index is 1.32. The number of likely N-dealkylation sites (tertiary alicyclic amines) is 1. The van der Waals surface area contributed by atoms with Crippen LogP contribution in [0.4, 0.5) is 4.39 Å². The Morgan fingerprint density at radius 3 is 2.63 bits per heavy atom. The van der Waals surface area contributed by atoms with Gasteiger partial charge < -0.3 is 14.5 Å². The van der Waals surface area contributed by atoms with E-state index in [2.05, 4.69) is 5.10 Å². The predicted octanol–water partition coefficient (Wildman–Crippen LogP) is 3.47. The highest BCUT2D eigenvalue weighted by molar-refractivity contribution is 5.94. The molecule has 2 aliphatic heterocycles. The monoisotopic (exact) mass is 482 g/mol. The van der Waals surface area contributed by atoms with Crippen LogP contribution in [0.15, 0.2) is 18.2 Å². The summed E-state index contributed by atoms with van der Waals surface area (Å²) in [7, 11) is 0. The first-order chi connectivity index (χ1) is 16.8. The Morgan fingerprint density at radius 2 is 1.86 bits per heavy atom. The van der Waals surface area contributed by atoms with Gasteiger partial charge in [0, 0.05) is 43.4 Å². The number of halogens is 1. The molecule has 1 aromatic carbocycles. The fraction of sp³-hybridized carbons (Fsp3) is 0.593. The van der Waals surface area contributed by atoms with Crippen LogP contribution >= 0.6 is 0 Å². The third kappa shape index (κ3) is 4.73. The summed E-state index contributed by atoms with van der Waals surface area (Å²) in [6.45, 7) is 8.30. The summed E-state index contributed by atoms with van der Waals surface area (Å²) in [5.41, 5.74) is 4.18. The van der Waals surface area contributed by atoms with Crippen molar-refractivity contribution in [3.05, 3.63) is 52.1 Å². The van der Waals surface area contributed by atoms with Gasteiger partial charge in [-0.2, -0.15) is 5.10 Å². The van der Waals surface area contributed by atoms with Crippen LogP contribution < -0.4 is 0 Å². The molecule has 1 aromatic heterocycles. The summed E-state index contributed by atoms with van der Waals surface area (Å²) in [6, 6.07) is 5.21. The first kappa shape index (κ1) is 24.0. The van der Waals surface area contributed by atoms with E-state index in [0.29, 0.717) is 37.4 Å². The van der Waals surface area contributed by atoms with Gasteiger partial charge in [0.1, 0.15) is 12.4 Å². The maximum absolute atomic E-state index is 14.1. The molecule has 0 bridgehead atoms. The maximum atomic E-state index is 14.1. The number of ether oxygens (including phenoxy) is 1. The molecule has 3 aliphatic rings. The van der Waals surface area contributed by atoms with E-state index in [1.165, 1.54) is 6.07 Å². The molecule has 2 aromatic rings. The fourth-order valence-corrected chi connectivity index (χ4v) is 6.06. The van der Waals surface area contributed by atoms with Crippen LogP contribution in [0.25, 0.3) is 0 Å². The Kier molecular flexibility index (Phi) is 6.66. The summed E-state index contributed by atoms with van der Waals surface area (Å²) < 4.78 is 21.7. The van der Waals surface area contributed by atoms with Crippen LogP contribution in [0, 0.1) is 12.7 Å². The molecule has 35 heavy (non-hydrogen) atoms. The molecule has 1 aliphatic carbocycles. The molecule has 2 saturated heterocycles. The number of aromatic nitrogens is 2. The lowest BCUT2D eigenvalue weighted by Crippen LogP contribution is -2.48. The Morgan fingerprint density at radius 1 is 1.09 bits per heavy atom. The summed E-state index contributed by atoms with van der Waals surface area (Å²) in [5, 5.41) is 4.68. The van der Waals surface area contributed by atoms with Gasteiger partial charge in [0.15, 0.2) is 5.69 Å². The zero-order valence-electron chi connectivity index (χ0n) is 20.9. The van der Waals surface area contributed by atoms with Crippen LogP contribution in [-0.2, 0) is 28.9 Å². The minimum absolute atomic E-state index is 0.00631. The summed E-state index contributed by atoms with van der Waals surface area (Å²) in [4.78, 5) is 30.4. The number of morpholine rings is 1. The first-order valence-corrected chi connectivity index (χ1v) is 12.9. The normalized spacial score (nSPS) is 24.5. The molecular formula is C27H35FN4O3. The quantitative estimate of drug-likeness (QED) is 0.669. The number of hydrogen-bond donors (Lipinski definition) is 0. The van der Waals surface area contributed by atoms with Gasteiger partial charge in [-0.1, -0.05) is 12.1 Å². The van der Waals surface area contributed by atoms with Crippen molar-refractivity contribution in [2.24, 2.45) is 0 Å². The molecule has 2 amide bonds. The van der Waals surface area contributed by atoms with Crippen molar-refractivity contribution in [3.8, 4) is 0 Å². The fourth-order valence-electron chi connectivity index (χ4n) is 6.06. The number of piperidine rings is 1. The average Bonchev–Trinajstić information content (AvgIpc) is 3.44. The number of hydrogen-bond acceptors (Lipinski definition) is 4. The number of rotatable bonds is 4. The third-order valence-electron chi connectivity index (χ3n) is 7.72. The molecular weight excluding hydrogens is 447 g/mol. The lowest BCUT2D eigenvalue weighted by molar-refractivity contribution is -0.133. The van der Waals surface area contributed by atoms with Crippen molar-refractivity contribution in [2.45, 2.75) is 77.5 Å². The molecule has 0 N–H and O–H groups in total. The number of fused-ring (bicyclic) bond motifs is 1. The molecule has 0 spiro atoms. The molecule has 5 rings (SSSR count). The van der Waals surface area contributed by atoms with Crippen molar-refractivity contribution in [1.82, 2.24) is 19.6 Å². The number of benzene rings is 1. The van der Waals surface area contributed by atoms with E-state index in [1.807, 2.05) is 36.6 Å². The second-order valence-electron chi connectivity index (χ2n) is 10.4. The molecule has 0 saturated carbocycles. The molecule has 7 nitrogen and oxygen atoms in total. The van der Waals surface area contributed by atoms with Crippen molar-refractivity contribution >= 4 is 11.8 Å². The molecule has 2 fully saturated rings. The summed E-state index contributed by atoms with van der Waals surface area (Å²) >= 11 is 0. The highest BCUT2D eigenvalue weighted by Crippen LogP contribution is 2.31. The molecule has 188 valence electrons. The topological polar surface area (TPSA) is 67.7 Å². The van der Waals surface area contributed by atoms with Gasteiger partial charge in [0.05, 0.1) is 12.2 Å². The molecule has 0 radical (unpaired) electrons. The third-order valence-corrected chi connectivity index (χ3v) is 7.72. The van der Waals surface area contributed by atoms with Gasteiger partial charge >= 0.3 is 0 Å². The standard InChI is InChI=1S/C27H35FN4O3/c1-17-13-31(14-18(2)35-17)27(34)26-22-9-5-11-24(22)32(29-26)16-25(33)30-12-6-7-20(15-30)21-8-4-10-23(28)19(21)3/h4,8,10,17-18,20H,5-7,9,11-16H2,1-3H3/t17-,18+,20?. The molecule has 3 atom stereocenters. The van der Waals surface area contributed by atoms with Crippen molar-refractivity contribution in [1.29, 1.82) is 0 Å². The van der Waals surface area contributed by atoms with Crippen LogP contribution in [0.2, 0.25) is 0 Å². The van der Waals surface area contributed by atoms with E-state index in [0.717, 1.165) is 48.9 Å². The van der Waals surface area contributed by atoms with Crippen molar-refractivity contribution in [3.63, 3.8) is 0 Å². The van der Waals surface area contributed by atoms with Gasteiger partial charge in [-0.15, -0.1) is 0 Å². The minimum Gasteiger partial charge on any atom is -0.372 e. The SMILES string of the molecule is Cc1c(F)cccc1C1CCCN(C(=O)Cn2nc(C(=O)N3C[C@@H](C)O[C@@H](C)C3)c3c2CCC3)C1. The van der Waals surface area contributed by atoms with E-state index in [9.17, 15) is 14.0 Å². The van der Waals surface area contributed by atoms with Gasteiger partial charge in [-0.25, -0.2) is 4.39 Å². The number of carbonyl (C=O) groups excluding carboxylic acids is 2. The van der Waals surface area contributed by atoms with Crippen LogP contribution in [0.3, 0.4) is 0 Å². The second-order valence-corrected chi connectivity index (χ2v) is 10.4. The first-order valence-electron chi connectivity index (χ1n) is 12.9. The van der Waals surface area contributed by atoms with Crippen molar-refractivity contribution in [2.75, 3.05) is 26.2 Å². The highest BCUT2D eigenvalue weighted by Gasteiger charge is 2.34. The predicted molar refractivity (Wildman–Crippen MR) is 130 cm³/mol. The zero-order valence-corrected chi connectivity index (χ0v) is 20.9. The van der Waals surface area contributed by atoms with E-state index in [4.69, 9.17) is 4.74 Å². The van der Waals surface area contributed by atoms with E-state index in [1.54, 1.807) is 10.7 Å². The highest BCUT2D eigenvalue weighted by atomic mass is 19.1. The lowest BCUT2D eigenvalue weighted by atomic mass is 9.87.